The predicted molar refractivity (Wildman–Crippen MR) is 409 cm³/mol. The van der Waals surface area contributed by atoms with Gasteiger partial charge in [0.1, 0.15) is 19.3 Å². The number of esters is 4. The highest BCUT2D eigenvalue weighted by Gasteiger charge is 2.30. The zero-order valence-corrected chi connectivity index (χ0v) is 64.9. The molecule has 0 fully saturated rings. The van der Waals surface area contributed by atoms with E-state index in [0.717, 1.165) is 128 Å². The first-order valence-electron chi connectivity index (χ1n) is 39.5. The van der Waals surface area contributed by atoms with Gasteiger partial charge in [-0.15, -0.1) is 0 Å². The molecule has 0 saturated carbocycles. The van der Waals surface area contributed by atoms with Gasteiger partial charge in [0.2, 0.25) is 0 Å². The summed E-state index contributed by atoms with van der Waals surface area (Å²) in [6, 6.07) is 0. The fraction of sp³-hybridized carbons (Fsp3) is 0.753. The Morgan fingerprint density at radius 3 is 0.910 bits per heavy atom. The van der Waals surface area contributed by atoms with Gasteiger partial charge in [-0.2, -0.15) is 0 Å². The van der Waals surface area contributed by atoms with Crippen molar-refractivity contribution in [2.24, 2.45) is 0 Å². The van der Waals surface area contributed by atoms with E-state index < -0.39 is 97.5 Å². The van der Waals surface area contributed by atoms with E-state index in [1.165, 1.54) is 128 Å². The van der Waals surface area contributed by atoms with E-state index in [0.29, 0.717) is 25.7 Å². The molecule has 0 bridgehead atoms. The fourth-order valence-electron chi connectivity index (χ4n) is 10.6. The maximum atomic E-state index is 13.1. The minimum atomic E-state index is -5.00. The molecular formula is C81H142O17P2. The molecule has 5 atom stereocenters. The molecule has 0 aliphatic carbocycles. The Hall–Kier alpha value is -4.02. The molecule has 19 heteroatoms. The van der Waals surface area contributed by atoms with Gasteiger partial charge in [0.15, 0.2) is 12.2 Å². The highest BCUT2D eigenvalue weighted by molar-refractivity contribution is 7.47. The molecule has 0 aliphatic rings. The molecule has 0 saturated heterocycles. The van der Waals surface area contributed by atoms with Crippen LogP contribution in [-0.2, 0) is 65.4 Å². The molecule has 0 aliphatic heterocycles. The minimum absolute atomic E-state index is 0.0979. The molecule has 17 nitrogen and oxygen atoms in total. The number of rotatable bonds is 74. The van der Waals surface area contributed by atoms with E-state index in [9.17, 15) is 43.2 Å². The number of phosphoric ester groups is 2. The quantitative estimate of drug-likeness (QED) is 0.0169. The van der Waals surface area contributed by atoms with Crippen LogP contribution in [0.4, 0.5) is 0 Å². The summed E-state index contributed by atoms with van der Waals surface area (Å²) < 4.78 is 68.4. The number of carbonyl (C=O) groups is 4. The second-order valence-corrected chi connectivity index (χ2v) is 29.2. The summed E-state index contributed by atoms with van der Waals surface area (Å²) in [6.07, 6.45) is 77.1. The second-order valence-electron chi connectivity index (χ2n) is 26.3. The number of unbranched alkanes of at least 4 members (excludes halogenated alkanes) is 33. The average molecular weight is 1450 g/mol. The van der Waals surface area contributed by atoms with Crippen LogP contribution in [-0.4, -0.2) is 96.7 Å². The minimum Gasteiger partial charge on any atom is -0.462 e. The Bertz CT molecular complexity index is 2270. The summed E-state index contributed by atoms with van der Waals surface area (Å²) in [7, 11) is -9.98. The zero-order valence-electron chi connectivity index (χ0n) is 63.1. The molecule has 0 aromatic heterocycles. The summed E-state index contributed by atoms with van der Waals surface area (Å²) in [4.78, 5) is 72.8. The van der Waals surface area contributed by atoms with Gasteiger partial charge in [-0.25, -0.2) is 9.13 Å². The van der Waals surface area contributed by atoms with E-state index in [1.54, 1.807) is 12.2 Å². The van der Waals surface area contributed by atoms with Crippen LogP contribution in [0.3, 0.4) is 0 Å². The lowest BCUT2D eigenvalue weighted by molar-refractivity contribution is -0.161. The van der Waals surface area contributed by atoms with Gasteiger partial charge in [-0.1, -0.05) is 318 Å². The lowest BCUT2D eigenvalue weighted by Gasteiger charge is -2.21. The Morgan fingerprint density at radius 2 is 0.560 bits per heavy atom. The molecule has 0 rings (SSSR count). The van der Waals surface area contributed by atoms with Crippen molar-refractivity contribution in [2.75, 3.05) is 39.6 Å². The van der Waals surface area contributed by atoms with Gasteiger partial charge in [0.25, 0.3) is 0 Å². The van der Waals surface area contributed by atoms with Crippen LogP contribution in [0, 0.1) is 0 Å². The van der Waals surface area contributed by atoms with Crippen molar-refractivity contribution in [3.63, 3.8) is 0 Å². The largest absolute Gasteiger partial charge is 0.472 e. The fourth-order valence-corrected chi connectivity index (χ4v) is 12.2. The highest BCUT2D eigenvalue weighted by atomic mass is 31.2. The van der Waals surface area contributed by atoms with Gasteiger partial charge in [-0.05, 0) is 89.9 Å². The van der Waals surface area contributed by atoms with E-state index in [1.807, 2.05) is 12.2 Å². The number of ether oxygens (including phenoxy) is 4. The average Bonchev–Trinajstić information content (AvgIpc) is 0.946. The van der Waals surface area contributed by atoms with Crippen LogP contribution < -0.4 is 0 Å². The monoisotopic (exact) mass is 1450 g/mol. The van der Waals surface area contributed by atoms with E-state index in [-0.39, 0.29) is 25.7 Å². The molecule has 0 spiro atoms. The first-order valence-corrected chi connectivity index (χ1v) is 42.5. The first kappa shape index (κ1) is 96.0. The van der Waals surface area contributed by atoms with Crippen molar-refractivity contribution in [3.05, 3.63) is 97.2 Å². The molecule has 578 valence electrons. The number of aliphatic hydroxyl groups is 1. The Labute approximate surface area is 607 Å². The number of hydrogen-bond donors (Lipinski definition) is 3. The Morgan fingerprint density at radius 1 is 0.300 bits per heavy atom. The van der Waals surface area contributed by atoms with Gasteiger partial charge in [-0.3, -0.25) is 37.3 Å². The van der Waals surface area contributed by atoms with E-state index >= 15 is 0 Å². The smallest absolute Gasteiger partial charge is 0.462 e. The highest BCUT2D eigenvalue weighted by Crippen LogP contribution is 2.45. The first-order chi connectivity index (χ1) is 48.7. The molecule has 0 amide bonds. The lowest BCUT2D eigenvalue weighted by atomic mass is 10.0. The number of hydrogen-bond acceptors (Lipinski definition) is 15. The molecule has 0 heterocycles. The Balaban J connectivity index is 5.39. The molecule has 0 radical (unpaired) electrons. The SMILES string of the molecule is CC/C=C\C/C=C\C/C=C\C/C=C\C/C=C\CC(=O)OC(COC(=O)CCCCCCCC/C=C\C/C=C\C/C=C\CCCCC)COP(=O)(O)OCC(O)COP(=O)(O)OCC(COC(=O)CCCCCCCCCCCCCCC)OC(=O)CCCCCCCCCCCCCCC. The molecule has 5 unspecified atom stereocenters. The van der Waals surface area contributed by atoms with Gasteiger partial charge < -0.3 is 33.8 Å². The van der Waals surface area contributed by atoms with Gasteiger partial charge in [0.05, 0.1) is 32.8 Å². The standard InChI is InChI=1S/C81H142O17P2/c1-5-9-13-17-21-25-29-33-35-36-37-38-40-43-46-50-54-58-62-66-79(84)92-72-77(98-81(86)68-64-60-56-52-48-44-39-34-30-26-22-18-14-10-6-2)74-96-100(89,90)94-70-75(82)69-93-99(87,88)95-73-76(97-80(85)67-63-59-55-51-47-42-32-28-24-20-16-12-8-4)71-91-78(83)65-61-57-53-49-45-41-31-27-23-19-15-11-7-3/h10,14,21-22,25-26,33-35,37-39,48,52,60,64,75-77,82H,5-9,11-13,15-20,23-24,27-32,36,40-47,49-51,53-59,61-63,65-74H2,1-4H3,(H,87,88)(H,89,90)/b14-10-,25-21-,26-22-,35-33-,38-37-,39-34-,52-48-,64-60-. The third kappa shape index (κ3) is 72.3. The predicted octanol–water partition coefficient (Wildman–Crippen LogP) is 22.8. The van der Waals surface area contributed by atoms with Crippen molar-refractivity contribution in [1.29, 1.82) is 0 Å². The molecule has 3 N–H and O–H groups in total. The molecule has 100 heavy (non-hydrogen) atoms. The summed E-state index contributed by atoms with van der Waals surface area (Å²) in [5, 5.41) is 10.6. The number of allylic oxidation sites excluding steroid dienone is 15. The van der Waals surface area contributed by atoms with E-state index in [2.05, 4.69) is 101 Å². The summed E-state index contributed by atoms with van der Waals surface area (Å²) in [5.74, 6) is -2.32. The number of phosphoric acid groups is 2. The van der Waals surface area contributed by atoms with Crippen LogP contribution in [0.5, 0.6) is 0 Å². The number of carbonyl (C=O) groups excluding carboxylic acids is 4. The van der Waals surface area contributed by atoms with Crippen molar-refractivity contribution in [3.8, 4) is 0 Å². The van der Waals surface area contributed by atoms with Crippen molar-refractivity contribution < 1.29 is 80.2 Å². The molecular weight excluding hydrogens is 1310 g/mol. The third-order valence-corrected chi connectivity index (χ3v) is 18.5. The van der Waals surface area contributed by atoms with Crippen LogP contribution >= 0.6 is 15.6 Å². The Kier molecular flexibility index (Phi) is 70.4. The van der Waals surface area contributed by atoms with Crippen LogP contribution in [0.2, 0.25) is 0 Å². The number of aliphatic hydroxyl groups excluding tert-OH is 1. The maximum absolute atomic E-state index is 13.1. The second kappa shape index (κ2) is 73.3. The summed E-state index contributed by atoms with van der Waals surface area (Å²) in [6.45, 7) is 4.64. The van der Waals surface area contributed by atoms with Crippen molar-refractivity contribution >= 4 is 39.5 Å². The van der Waals surface area contributed by atoms with Crippen molar-refractivity contribution in [2.45, 2.75) is 354 Å². The van der Waals surface area contributed by atoms with E-state index in [4.69, 9.17) is 37.0 Å². The van der Waals surface area contributed by atoms with Crippen molar-refractivity contribution in [1.82, 2.24) is 0 Å². The summed E-state index contributed by atoms with van der Waals surface area (Å²) >= 11 is 0. The topological polar surface area (TPSA) is 237 Å². The maximum Gasteiger partial charge on any atom is 0.472 e. The van der Waals surface area contributed by atoms with Crippen LogP contribution in [0.25, 0.3) is 0 Å². The summed E-state index contributed by atoms with van der Waals surface area (Å²) in [5.41, 5.74) is 0. The molecule has 0 aromatic rings. The van der Waals surface area contributed by atoms with Crippen LogP contribution in [0.1, 0.15) is 336 Å². The van der Waals surface area contributed by atoms with Gasteiger partial charge in [0, 0.05) is 19.3 Å². The van der Waals surface area contributed by atoms with Crippen LogP contribution in [0.15, 0.2) is 97.2 Å². The molecule has 0 aromatic carbocycles. The zero-order chi connectivity index (χ0) is 73.2. The third-order valence-electron chi connectivity index (χ3n) is 16.6. The normalized spacial score (nSPS) is 14.4. The van der Waals surface area contributed by atoms with Gasteiger partial charge >= 0.3 is 39.5 Å². The lowest BCUT2D eigenvalue weighted by Crippen LogP contribution is -2.30.